The highest BCUT2D eigenvalue weighted by Gasteiger charge is 2.14. The van der Waals surface area contributed by atoms with E-state index in [4.69, 9.17) is 4.99 Å². The molecule has 1 aliphatic rings. The van der Waals surface area contributed by atoms with Crippen molar-refractivity contribution < 1.29 is 0 Å². The van der Waals surface area contributed by atoms with Gasteiger partial charge in [0, 0.05) is 32.3 Å². The summed E-state index contributed by atoms with van der Waals surface area (Å²) in [6, 6.07) is 5.98. The van der Waals surface area contributed by atoms with Crippen LogP contribution in [0.3, 0.4) is 0 Å². The first-order valence-electron chi connectivity index (χ1n) is 10.2. The average Bonchev–Trinajstić information content (AvgIpc) is 3.32. The van der Waals surface area contributed by atoms with Crippen LogP contribution in [0.5, 0.6) is 0 Å². The highest BCUT2D eigenvalue weighted by Crippen LogP contribution is 2.28. The minimum atomic E-state index is 0.791. The van der Waals surface area contributed by atoms with Crippen molar-refractivity contribution >= 4 is 11.6 Å². The zero-order chi connectivity index (χ0) is 18.0. The molecule has 0 bridgehead atoms. The highest BCUT2D eigenvalue weighted by atomic mass is 15.2. The van der Waals surface area contributed by atoms with Crippen molar-refractivity contribution in [1.29, 1.82) is 0 Å². The number of guanidine groups is 1. The number of nitrogens with zero attached hydrogens (tertiary/aromatic N) is 4. The van der Waals surface area contributed by atoms with E-state index in [0.717, 1.165) is 55.8 Å². The average molecular weight is 357 g/mol. The lowest BCUT2D eigenvalue weighted by molar-refractivity contribution is 0.481. The molecule has 0 saturated heterocycles. The zero-order valence-corrected chi connectivity index (χ0v) is 16.0. The van der Waals surface area contributed by atoms with Crippen LogP contribution in [0.4, 0.5) is 0 Å². The number of fused-ring (bicyclic) bond motifs is 1. The van der Waals surface area contributed by atoms with Crippen molar-refractivity contribution in [2.24, 2.45) is 10.9 Å². The summed E-state index contributed by atoms with van der Waals surface area (Å²) >= 11 is 0. The molecule has 0 radical (unpaired) electrons. The van der Waals surface area contributed by atoms with Crippen LogP contribution in [0.1, 0.15) is 57.7 Å². The number of aliphatic imine (C=N–C) groups is 1. The Labute approximate surface area is 156 Å². The molecule has 2 aromatic heterocycles. The summed E-state index contributed by atoms with van der Waals surface area (Å²) in [4.78, 5) is 4.70. The summed E-state index contributed by atoms with van der Waals surface area (Å²) in [5.74, 6) is 2.91. The molecule has 142 valence electrons. The predicted octanol–water partition coefficient (Wildman–Crippen LogP) is 3.19. The quantitative estimate of drug-likeness (QED) is 0.411. The van der Waals surface area contributed by atoms with Gasteiger partial charge in [0.2, 0.25) is 0 Å². The van der Waals surface area contributed by atoms with E-state index in [0.29, 0.717) is 0 Å². The van der Waals surface area contributed by atoms with Gasteiger partial charge in [0.25, 0.3) is 0 Å². The first-order chi connectivity index (χ1) is 12.9. The van der Waals surface area contributed by atoms with Gasteiger partial charge in [-0.1, -0.05) is 31.7 Å². The number of nitrogens with one attached hydrogen (secondary N) is 2. The molecule has 26 heavy (non-hydrogen) atoms. The van der Waals surface area contributed by atoms with E-state index in [1.807, 2.05) is 24.4 Å². The fourth-order valence-corrected chi connectivity index (χ4v) is 3.73. The minimum absolute atomic E-state index is 0.791. The van der Waals surface area contributed by atoms with E-state index in [1.165, 1.54) is 38.5 Å². The van der Waals surface area contributed by atoms with Gasteiger partial charge in [0.15, 0.2) is 11.6 Å². The van der Waals surface area contributed by atoms with Crippen LogP contribution in [-0.2, 0) is 6.42 Å². The van der Waals surface area contributed by atoms with E-state index in [1.54, 1.807) is 0 Å². The number of aromatic nitrogens is 3. The summed E-state index contributed by atoms with van der Waals surface area (Å²) in [5, 5.41) is 15.3. The van der Waals surface area contributed by atoms with E-state index in [2.05, 4.69) is 32.2 Å². The number of pyridine rings is 1. The van der Waals surface area contributed by atoms with Crippen molar-refractivity contribution in [3.05, 3.63) is 30.2 Å². The molecule has 0 atom stereocenters. The molecule has 6 heteroatoms. The lowest BCUT2D eigenvalue weighted by Crippen LogP contribution is -2.38. The SMILES string of the molecule is CCNC(=NCCCc1nnc2ccccn12)NCCCC1CCCC1. The molecule has 0 unspecified atom stereocenters. The van der Waals surface area contributed by atoms with Crippen molar-refractivity contribution in [2.75, 3.05) is 19.6 Å². The second-order valence-electron chi connectivity index (χ2n) is 7.13. The molecular weight excluding hydrogens is 324 g/mol. The van der Waals surface area contributed by atoms with Gasteiger partial charge in [0.05, 0.1) is 0 Å². The highest BCUT2D eigenvalue weighted by molar-refractivity contribution is 5.79. The smallest absolute Gasteiger partial charge is 0.191 e. The van der Waals surface area contributed by atoms with Crippen LogP contribution in [-0.4, -0.2) is 40.2 Å². The number of hydrogen-bond donors (Lipinski definition) is 2. The Kier molecular flexibility index (Phi) is 7.28. The lowest BCUT2D eigenvalue weighted by atomic mass is 10.0. The summed E-state index contributed by atoms with van der Waals surface area (Å²) in [6.45, 7) is 4.80. The summed E-state index contributed by atoms with van der Waals surface area (Å²) in [5.41, 5.74) is 0.906. The molecule has 2 heterocycles. The Bertz CT molecular complexity index is 686. The van der Waals surface area contributed by atoms with Gasteiger partial charge < -0.3 is 10.6 Å². The van der Waals surface area contributed by atoms with E-state index in [-0.39, 0.29) is 0 Å². The van der Waals surface area contributed by atoms with Gasteiger partial charge in [-0.25, -0.2) is 0 Å². The largest absolute Gasteiger partial charge is 0.357 e. The maximum absolute atomic E-state index is 4.70. The molecule has 1 aliphatic carbocycles. The number of hydrogen-bond acceptors (Lipinski definition) is 3. The molecule has 0 amide bonds. The first-order valence-corrected chi connectivity index (χ1v) is 10.2. The summed E-state index contributed by atoms with van der Waals surface area (Å²) in [6.07, 6.45) is 12.2. The maximum atomic E-state index is 4.70. The maximum Gasteiger partial charge on any atom is 0.191 e. The third-order valence-electron chi connectivity index (χ3n) is 5.11. The third-order valence-corrected chi connectivity index (χ3v) is 5.11. The Morgan fingerprint density at radius 2 is 2.08 bits per heavy atom. The molecule has 0 aliphatic heterocycles. The fraction of sp³-hybridized carbons (Fsp3) is 0.650. The second-order valence-corrected chi connectivity index (χ2v) is 7.13. The monoisotopic (exact) mass is 356 g/mol. The van der Waals surface area contributed by atoms with E-state index >= 15 is 0 Å². The van der Waals surface area contributed by atoms with Gasteiger partial charge in [-0.05, 0) is 44.2 Å². The predicted molar refractivity (Wildman–Crippen MR) is 106 cm³/mol. The molecule has 0 spiro atoms. The van der Waals surface area contributed by atoms with Crippen LogP contribution in [0.15, 0.2) is 29.4 Å². The number of aryl methyl sites for hydroxylation is 1. The molecule has 0 aromatic carbocycles. The fourth-order valence-electron chi connectivity index (χ4n) is 3.73. The van der Waals surface area contributed by atoms with E-state index < -0.39 is 0 Å². The normalized spacial score (nSPS) is 15.7. The topological polar surface area (TPSA) is 66.6 Å². The molecule has 6 nitrogen and oxygen atoms in total. The number of rotatable bonds is 9. The van der Waals surface area contributed by atoms with Crippen LogP contribution >= 0.6 is 0 Å². The van der Waals surface area contributed by atoms with Gasteiger partial charge in [0.1, 0.15) is 5.82 Å². The van der Waals surface area contributed by atoms with Crippen LogP contribution in [0.25, 0.3) is 5.65 Å². The van der Waals surface area contributed by atoms with Gasteiger partial charge in [-0.3, -0.25) is 9.39 Å². The second kappa shape index (κ2) is 10.1. The van der Waals surface area contributed by atoms with Crippen molar-refractivity contribution in [3.8, 4) is 0 Å². The van der Waals surface area contributed by atoms with Gasteiger partial charge in [-0.2, -0.15) is 0 Å². The van der Waals surface area contributed by atoms with Crippen LogP contribution < -0.4 is 10.6 Å². The summed E-state index contributed by atoms with van der Waals surface area (Å²) in [7, 11) is 0. The van der Waals surface area contributed by atoms with Crippen molar-refractivity contribution in [1.82, 2.24) is 25.2 Å². The van der Waals surface area contributed by atoms with E-state index in [9.17, 15) is 0 Å². The Balaban J connectivity index is 1.39. The summed E-state index contributed by atoms with van der Waals surface area (Å²) < 4.78 is 2.05. The molecular formula is C20H32N6. The Hall–Kier alpha value is -2.11. The Morgan fingerprint density at radius 3 is 2.92 bits per heavy atom. The third kappa shape index (κ3) is 5.44. The standard InChI is InChI=1S/C20H32N6/c1-2-21-20(22-14-7-11-17-9-3-4-10-17)23-15-8-13-19-25-24-18-12-5-6-16-26(18)19/h5-6,12,16-17H,2-4,7-11,13-15H2,1H3,(H2,21,22,23). The van der Waals surface area contributed by atoms with Gasteiger partial charge in [-0.15, -0.1) is 10.2 Å². The molecule has 2 N–H and O–H groups in total. The first kappa shape index (κ1) is 18.7. The van der Waals surface area contributed by atoms with Crippen LogP contribution in [0, 0.1) is 5.92 Å². The minimum Gasteiger partial charge on any atom is -0.357 e. The van der Waals surface area contributed by atoms with Crippen molar-refractivity contribution in [2.45, 2.75) is 58.3 Å². The van der Waals surface area contributed by atoms with Crippen LogP contribution in [0.2, 0.25) is 0 Å². The molecule has 3 rings (SSSR count). The molecule has 2 aromatic rings. The van der Waals surface area contributed by atoms with Gasteiger partial charge >= 0.3 is 0 Å². The molecule has 1 saturated carbocycles. The lowest BCUT2D eigenvalue weighted by Gasteiger charge is -2.13. The zero-order valence-electron chi connectivity index (χ0n) is 16.0. The Morgan fingerprint density at radius 1 is 1.19 bits per heavy atom. The molecule has 1 fully saturated rings. The van der Waals surface area contributed by atoms with Crippen molar-refractivity contribution in [3.63, 3.8) is 0 Å².